The van der Waals surface area contributed by atoms with Crippen LogP contribution in [-0.2, 0) is 38.9 Å². The zero-order chi connectivity index (χ0) is 23.3. The average Bonchev–Trinajstić information content (AvgIpc) is 2.87. The third-order valence-corrected chi connectivity index (χ3v) is 9.26. The van der Waals surface area contributed by atoms with Crippen LogP contribution in [0.1, 0.15) is 33.4 Å². The van der Waals surface area contributed by atoms with Crippen LogP contribution in [0.3, 0.4) is 0 Å². The van der Waals surface area contributed by atoms with Gasteiger partial charge in [-0.3, -0.25) is 0 Å². The number of aliphatic hydroxyl groups is 2. The molecule has 0 fully saturated rings. The van der Waals surface area contributed by atoms with Crippen molar-refractivity contribution in [3.8, 4) is 0 Å². The zero-order valence-corrected chi connectivity index (χ0v) is 21.2. The van der Waals surface area contributed by atoms with Crippen molar-refractivity contribution in [3.63, 3.8) is 0 Å². The lowest BCUT2D eigenvalue weighted by molar-refractivity contribution is 0.281. The topological polar surface area (TPSA) is 40.5 Å². The summed E-state index contributed by atoms with van der Waals surface area (Å²) in [5, 5.41) is 24.2. The van der Waals surface area contributed by atoms with Gasteiger partial charge in [0.05, 0.1) is 13.2 Å². The predicted molar refractivity (Wildman–Crippen MR) is 148 cm³/mol. The van der Waals surface area contributed by atoms with Crippen LogP contribution in [0, 0.1) is 0 Å². The van der Waals surface area contributed by atoms with Crippen molar-refractivity contribution < 1.29 is 10.2 Å². The molecule has 0 spiro atoms. The van der Waals surface area contributed by atoms with Gasteiger partial charge in [0.2, 0.25) is 0 Å². The first-order chi connectivity index (χ1) is 16.7. The molecule has 4 aromatic rings. The summed E-state index contributed by atoms with van der Waals surface area (Å²) in [4.78, 5) is 0. The van der Waals surface area contributed by atoms with Crippen molar-refractivity contribution in [1.82, 2.24) is 0 Å². The fraction of sp³-hybridized carbons (Fsp3) is 0.200. The molecule has 4 aliphatic rings. The normalized spacial score (nSPS) is 13.7. The maximum absolute atomic E-state index is 9.34. The molecule has 172 valence electrons. The molecule has 4 bridgehead atoms. The fourth-order valence-corrected chi connectivity index (χ4v) is 7.02. The average molecular weight is 485 g/mol. The monoisotopic (exact) mass is 484 g/mol. The maximum atomic E-state index is 9.34. The molecule has 4 aliphatic carbocycles. The van der Waals surface area contributed by atoms with Gasteiger partial charge in [0.15, 0.2) is 0 Å². The second-order valence-electron chi connectivity index (χ2n) is 8.94. The van der Waals surface area contributed by atoms with E-state index in [0.717, 1.165) is 36.8 Å². The first-order valence-corrected chi connectivity index (χ1v) is 13.9. The Kier molecular flexibility index (Phi) is 7.53. The third kappa shape index (κ3) is 5.65. The molecule has 0 saturated heterocycles. The van der Waals surface area contributed by atoms with Crippen LogP contribution in [0.4, 0.5) is 0 Å². The molecule has 0 saturated carbocycles. The molecule has 0 aromatic heterocycles. The number of aliphatic hydroxyl groups excluding tert-OH is 2. The third-order valence-electron chi connectivity index (χ3n) is 6.55. The van der Waals surface area contributed by atoms with Gasteiger partial charge in [0.1, 0.15) is 0 Å². The number of hydrogen-bond donors (Lipinski definition) is 2. The van der Waals surface area contributed by atoms with Gasteiger partial charge in [-0.25, -0.2) is 0 Å². The van der Waals surface area contributed by atoms with E-state index in [9.17, 15) is 10.2 Å². The van der Waals surface area contributed by atoms with Gasteiger partial charge >= 0.3 is 0 Å². The van der Waals surface area contributed by atoms with Gasteiger partial charge in [-0.05, 0) is 80.3 Å². The summed E-state index contributed by atoms with van der Waals surface area (Å²) in [5.41, 5.74) is 7.64. The van der Waals surface area contributed by atoms with Crippen molar-refractivity contribution in [2.24, 2.45) is 0 Å². The van der Waals surface area contributed by atoms with E-state index in [1.807, 2.05) is 24.3 Å². The van der Waals surface area contributed by atoms with Crippen LogP contribution in [0.15, 0.2) is 84.9 Å². The van der Waals surface area contributed by atoms with E-state index < -0.39 is 0 Å². The second kappa shape index (κ2) is 10.9. The molecule has 8 rings (SSSR count). The highest BCUT2D eigenvalue weighted by Crippen LogP contribution is 2.23. The summed E-state index contributed by atoms with van der Waals surface area (Å²) in [6.07, 6.45) is 4.18. The fourth-order valence-electron chi connectivity index (χ4n) is 4.48. The zero-order valence-electron chi connectivity index (χ0n) is 19.2. The number of aryl methyl sites for hydroxylation is 4. The lowest BCUT2D eigenvalue weighted by Crippen LogP contribution is -2.15. The molecule has 0 heterocycles. The summed E-state index contributed by atoms with van der Waals surface area (Å²) >= 11 is 0. The molecule has 0 aliphatic heterocycles. The van der Waals surface area contributed by atoms with Crippen molar-refractivity contribution >= 4 is 38.4 Å². The minimum absolute atomic E-state index is 0.0964. The van der Waals surface area contributed by atoms with Crippen molar-refractivity contribution in [2.45, 2.75) is 38.9 Å². The van der Waals surface area contributed by atoms with Gasteiger partial charge in [-0.1, -0.05) is 102 Å². The smallest absolute Gasteiger partial charge is 0.0681 e. The van der Waals surface area contributed by atoms with E-state index in [1.165, 1.54) is 43.5 Å². The van der Waals surface area contributed by atoms with Gasteiger partial charge in [0, 0.05) is 0 Å². The first-order valence-electron chi connectivity index (χ1n) is 11.9. The Hall–Kier alpha value is -2.34. The highest BCUT2D eigenvalue weighted by Gasteiger charge is 2.12. The van der Waals surface area contributed by atoms with Crippen molar-refractivity contribution in [2.75, 3.05) is 0 Å². The highest BCUT2D eigenvalue weighted by atomic mass is 31.1. The SMILES string of the molecule is OCc1ccc(Pc2cc3ccc2CCc2ccc(c(Pc4ccc(CO)cc4)c2)CC3)cc1. The summed E-state index contributed by atoms with van der Waals surface area (Å²) in [7, 11) is 1.27. The first kappa shape index (κ1) is 23.4. The van der Waals surface area contributed by atoms with Crippen LogP contribution in [0.5, 0.6) is 0 Å². The number of hydrogen-bond acceptors (Lipinski definition) is 2. The Bertz CT molecular complexity index is 1160. The van der Waals surface area contributed by atoms with E-state index in [0.29, 0.717) is 17.2 Å². The summed E-state index contributed by atoms with van der Waals surface area (Å²) in [5.74, 6) is 0. The summed E-state index contributed by atoms with van der Waals surface area (Å²) < 4.78 is 0. The van der Waals surface area contributed by atoms with Crippen LogP contribution >= 0.6 is 17.2 Å². The van der Waals surface area contributed by atoms with Crippen LogP contribution in [-0.4, -0.2) is 10.2 Å². The lowest BCUT2D eigenvalue weighted by atomic mass is 9.96. The van der Waals surface area contributed by atoms with Crippen LogP contribution in [0.2, 0.25) is 0 Å². The Balaban J connectivity index is 1.39. The Morgan fingerprint density at radius 2 is 0.912 bits per heavy atom. The molecule has 2 unspecified atom stereocenters. The second-order valence-corrected chi connectivity index (χ2v) is 11.7. The summed E-state index contributed by atoms with van der Waals surface area (Å²) in [6, 6.07) is 30.9. The van der Waals surface area contributed by atoms with Gasteiger partial charge in [-0.2, -0.15) is 0 Å². The van der Waals surface area contributed by atoms with Gasteiger partial charge < -0.3 is 10.2 Å². The molecule has 0 amide bonds. The highest BCUT2D eigenvalue weighted by molar-refractivity contribution is 7.56. The molecule has 0 radical (unpaired) electrons. The minimum Gasteiger partial charge on any atom is -0.392 e. The molecule has 4 heteroatoms. The minimum atomic E-state index is 0.0964. The van der Waals surface area contributed by atoms with Crippen LogP contribution < -0.4 is 21.2 Å². The Morgan fingerprint density at radius 3 is 1.29 bits per heavy atom. The van der Waals surface area contributed by atoms with E-state index in [1.54, 1.807) is 0 Å². The number of benzene rings is 4. The van der Waals surface area contributed by atoms with E-state index in [-0.39, 0.29) is 13.2 Å². The number of rotatable bonds is 6. The van der Waals surface area contributed by atoms with Crippen molar-refractivity contribution in [1.29, 1.82) is 0 Å². The lowest BCUT2D eigenvalue weighted by Gasteiger charge is -2.17. The molecular weight excluding hydrogens is 454 g/mol. The van der Waals surface area contributed by atoms with E-state index in [4.69, 9.17) is 0 Å². The Morgan fingerprint density at radius 1 is 0.500 bits per heavy atom. The molecule has 2 atom stereocenters. The van der Waals surface area contributed by atoms with Crippen molar-refractivity contribution in [3.05, 3.63) is 118 Å². The van der Waals surface area contributed by atoms with Crippen LogP contribution in [0.25, 0.3) is 0 Å². The largest absolute Gasteiger partial charge is 0.392 e. The maximum Gasteiger partial charge on any atom is 0.0681 e. The quantitative estimate of drug-likeness (QED) is 0.409. The van der Waals surface area contributed by atoms with E-state index in [2.05, 4.69) is 60.7 Å². The Labute approximate surface area is 205 Å². The molecule has 2 nitrogen and oxygen atoms in total. The summed E-state index contributed by atoms with van der Waals surface area (Å²) in [6.45, 7) is 0.193. The standard InChI is InChI=1S/C30H30O2P2/c31-19-23-5-13-27(14-6-23)33-29-17-21-1-9-25(29)12-4-22-2-10-26(11-3-21)30(18-22)34-28-15-7-24(20-32)8-16-28/h1-2,5-10,13-18,31-34H,3-4,11-12,19-20H2. The van der Waals surface area contributed by atoms with Gasteiger partial charge in [0.25, 0.3) is 0 Å². The van der Waals surface area contributed by atoms with Gasteiger partial charge in [-0.15, -0.1) is 0 Å². The molecule has 2 N–H and O–H groups in total. The molecule has 4 aromatic carbocycles. The molecular formula is C30H30O2P2. The predicted octanol–water partition coefficient (Wildman–Crippen LogP) is 3.81. The molecule has 34 heavy (non-hydrogen) atoms. The van der Waals surface area contributed by atoms with E-state index >= 15 is 0 Å².